The summed E-state index contributed by atoms with van der Waals surface area (Å²) in [5.41, 5.74) is 11.9. The maximum atomic E-state index is 12.8. The molecule has 8 N–H and O–H groups in total. The number of ether oxygens (including phenoxy) is 1. The molecule has 0 bridgehead atoms. The lowest BCUT2D eigenvalue weighted by molar-refractivity contribution is -0.145. The maximum absolute atomic E-state index is 12.8. The fourth-order valence-corrected chi connectivity index (χ4v) is 4.58. The molecule has 16 heteroatoms. The van der Waals surface area contributed by atoms with E-state index in [4.69, 9.17) is 16.2 Å². The van der Waals surface area contributed by atoms with Gasteiger partial charge >= 0.3 is 5.97 Å². The smallest absolute Gasteiger partial charge is 0.306 e. The molecular formula is C31H49N11O5. The molecule has 0 aliphatic carbocycles. The molecule has 1 aromatic heterocycles. The summed E-state index contributed by atoms with van der Waals surface area (Å²) in [6.45, 7) is 4.84. The lowest BCUT2D eigenvalue weighted by atomic mass is 10.2. The Morgan fingerprint density at radius 2 is 1.28 bits per heavy atom. The topological polar surface area (TPSA) is 223 Å². The Morgan fingerprint density at radius 3 is 1.83 bits per heavy atom. The van der Waals surface area contributed by atoms with Gasteiger partial charge in [-0.2, -0.15) is 15.0 Å². The summed E-state index contributed by atoms with van der Waals surface area (Å²) in [6, 6.07) is 9.46. The Hall–Kier alpha value is -4.57. The van der Waals surface area contributed by atoms with Crippen LogP contribution in [-0.4, -0.2) is 109 Å². The summed E-state index contributed by atoms with van der Waals surface area (Å²) in [5.74, 6) is 0.436. The molecule has 1 aliphatic heterocycles. The van der Waals surface area contributed by atoms with Gasteiger partial charge in [0.25, 0.3) is 0 Å². The highest BCUT2D eigenvalue weighted by molar-refractivity contribution is 5.78. The SMILES string of the molecule is NCCCNC(=O)CCNc1nc(NCCC(=O)NCCCN)nc(N2CCN(C(=O)CCCC(=O)OCc3ccccc3)CC2)n1. The van der Waals surface area contributed by atoms with Crippen LogP contribution in [0.25, 0.3) is 0 Å². The number of carbonyl (C=O) groups is 4. The molecule has 0 unspecified atom stereocenters. The van der Waals surface area contributed by atoms with E-state index in [1.165, 1.54) is 0 Å². The Labute approximate surface area is 275 Å². The van der Waals surface area contributed by atoms with Gasteiger partial charge in [0.05, 0.1) is 0 Å². The second kappa shape index (κ2) is 21.3. The van der Waals surface area contributed by atoms with E-state index in [9.17, 15) is 19.2 Å². The first-order valence-electron chi connectivity index (χ1n) is 16.3. The highest BCUT2D eigenvalue weighted by Crippen LogP contribution is 2.17. The third-order valence-corrected chi connectivity index (χ3v) is 7.23. The molecule has 1 saturated heterocycles. The predicted molar refractivity (Wildman–Crippen MR) is 178 cm³/mol. The average Bonchev–Trinajstić information content (AvgIpc) is 3.08. The Bertz CT molecular complexity index is 1210. The van der Waals surface area contributed by atoms with Crippen molar-refractivity contribution in [2.75, 3.05) is 81.0 Å². The zero-order valence-corrected chi connectivity index (χ0v) is 27.0. The molecule has 47 heavy (non-hydrogen) atoms. The Kier molecular flexibility index (Phi) is 16.7. The maximum Gasteiger partial charge on any atom is 0.306 e. The summed E-state index contributed by atoms with van der Waals surface area (Å²) >= 11 is 0. The van der Waals surface area contributed by atoms with Crippen LogP contribution in [0.15, 0.2) is 30.3 Å². The number of benzene rings is 1. The molecule has 0 radical (unpaired) electrons. The largest absolute Gasteiger partial charge is 0.461 e. The van der Waals surface area contributed by atoms with Crippen LogP contribution in [0.1, 0.15) is 50.5 Å². The van der Waals surface area contributed by atoms with Gasteiger partial charge in [0.15, 0.2) is 0 Å². The van der Waals surface area contributed by atoms with Crippen molar-refractivity contribution in [1.82, 2.24) is 30.5 Å². The van der Waals surface area contributed by atoms with Crippen LogP contribution in [0.4, 0.5) is 17.8 Å². The molecule has 0 saturated carbocycles. The van der Waals surface area contributed by atoms with Crippen molar-refractivity contribution in [3.8, 4) is 0 Å². The zero-order valence-electron chi connectivity index (χ0n) is 27.0. The molecule has 3 amide bonds. The highest BCUT2D eigenvalue weighted by atomic mass is 16.5. The number of hydrogen-bond donors (Lipinski definition) is 6. The van der Waals surface area contributed by atoms with E-state index in [1.807, 2.05) is 35.2 Å². The van der Waals surface area contributed by atoms with E-state index in [2.05, 4.69) is 36.2 Å². The van der Waals surface area contributed by atoms with Crippen LogP contribution in [0.5, 0.6) is 0 Å². The quantitative estimate of drug-likeness (QED) is 0.0769. The van der Waals surface area contributed by atoms with Crippen LogP contribution < -0.4 is 37.6 Å². The van der Waals surface area contributed by atoms with E-state index in [1.54, 1.807) is 4.90 Å². The first-order valence-corrected chi connectivity index (χ1v) is 16.3. The third-order valence-electron chi connectivity index (χ3n) is 7.23. The minimum atomic E-state index is -0.324. The fraction of sp³-hybridized carbons (Fsp3) is 0.581. The number of nitrogens with one attached hydrogen (secondary N) is 4. The second-order valence-electron chi connectivity index (χ2n) is 11.0. The first-order chi connectivity index (χ1) is 22.9. The van der Waals surface area contributed by atoms with Crippen molar-refractivity contribution in [3.63, 3.8) is 0 Å². The first kappa shape index (κ1) is 36.9. The summed E-state index contributed by atoms with van der Waals surface area (Å²) in [7, 11) is 0. The number of anilines is 3. The van der Waals surface area contributed by atoms with Crippen molar-refractivity contribution in [1.29, 1.82) is 0 Å². The van der Waals surface area contributed by atoms with Crippen LogP contribution in [0.2, 0.25) is 0 Å². The number of hydrogen-bond acceptors (Lipinski definition) is 13. The lowest BCUT2D eigenvalue weighted by Gasteiger charge is -2.35. The van der Waals surface area contributed by atoms with Gasteiger partial charge in [-0.15, -0.1) is 0 Å². The number of nitrogens with zero attached hydrogens (tertiary/aromatic N) is 5. The number of rotatable bonds is 21. The van der Waals surface area contributed by atoms with E-state index < -0.39 is 0 Å². The molecular weight excluding hydrogens is 606 g/mol. The summed E-state index contributed by atoms with van der Waals surface area (Å²) in [5, 5.41) is 11.8. The molecule has 1 aliphatic rings. The van der Waals surface area contributed by atoms with E-state index in [0.29, 0.717) is 90.7 Å². The van der Waals surface area contributed by atoms with Crippen molar-refractivity contribution < 1.29 is 23.9 Å². The molecule has 258 valence electrons. The van der Waals surface area contributed by atoms with Crippen molar-refractivity contribution in [2.24, 2.45) is 11.5 Å². The monoisotopic (exact) mass is 655 g/mol. The van der Waals surface area contributed by atoms with E-state index in [-0.39, 0.29) is 67.9 Å². The van der Waals surface area contributed by atoms with Crippen LogP contribution in [-0.2, 0) is 30.5 Å². The number of amides is 3. The minimum absolute atomic E-state index is 0.0182. The molecule has 0 atom stereocenters. The van der Waals surface area contributed by atoms with Crippen LogP contribution in [0.3, 0.4) is 0 Å². The summed E-state index contributed by atoms with van der Waals surface area (Å²) < 4.78 is 5.30. The van der Waals surface area contributed by atoms with Gasteiger partial charge in [-0.25, -0.2) is 0 Å². The molecule has 16 nitrogen and oxygen atoms in total. The predicted octanol–water partition coefficient (Wildman–Crippen LogP) is -0.0321. The molecule has 3 rings (SSSR count). The number of aromatic nitrogens is 3. The van der Waals surface area contributed by atoms with Crippen molar-refractivity contribution in [2.45, 2.75) is 51.6 Å². The summed E-state index contributed by atoms with van der Waals surface area (Å²) in [6.07, 6.45) is 2.72. The van der Waals surface area contributed by atoms with Gasteiger partial charge in [0.2, 0.25) is 35.6 Å². The number of nitrogens with two attached hydrogens (primary N) is 2. The molecule has 2 heterocycles. The Morgan fingerprint density at radius 1 is 0.702 bits per heavy atom. The molecule has 2 aromatic rings. The number of piperazine rings is 1. The van der Waals surface area contributed by atoms with Crippen molar-refractivity contribution >= 4 is 41.5 Å². The van der Waals surface area contributed by atoms with Crippen LogP contribution in [0, 0.1) is 0 Å². The average molecular weight is 656 g/mol. The van der Waals surface area contributed by atoms with E-state index >= 15 is 0 Å². The number of esters is 1. The van der Waals surface area contributed by atoms with Crippen molar-refractivity contribution in [3.05, 3.63) is 35.9 Å². The van der Waals surface area contributed by atoms with E-state index in [0.717, 1.165) is 5.56 Å². The van der Waals surface area contributed by atoms with Crippen LogP contribution >= 0.6 is 0 Å². The number of carbonyl (C=O) groups excluding carboxylic acids is 4. The third kappa shape index (κ3) is 14.6. The summed E-state index contributed by atoms with van der Waals surface area (Å²) in [4.78, 5) is 66.4. The second-order valence-corrected chi connectivity index (χ2v) is 11.0. The lowest BCUT2D eigenvalue weighted by Crippen LogP contribution is -2.49. The molecule has 1 fully saturated rings. The fourth-order valence-electron chi connectivity index (χ4n) is 4.58. The zero-order chi connectivity index (χ0) is 33.7. The van der Waals surface area contributed by atoms with Gasteiger partial charge < -0.3 is 47.3 Å². The van der Waals surface area contributed by atoms with Gasteiger partial charge in [0.1, 0.15) is 6.61 Å². The van der Waals surface area contributed by atoms with Gasteiger partial charge in [0, 0.05) is 78.0 Å². The Balaban J connectivity index is 1.49. The van der Waals surface area contributed by atoms with Gasteiger partial charge in [-0.3, -0.25) is 19.2 Å². The highest BCUT2D eigenvalue weighted by Gasteiger charge is 2.24. The normalized spacial score (nSPS) is 12.7. The molecule has 1 aromatic carbocycles. The van der Waals surface area contributed by atoms with Gasteiger partial charge in [-0.05, 0) is 37.9 Å². The standard InChI is InChI=1S/C31H49N11O5/c32-13-5-15-34-25(43)11-17-36-29-38-30(37-18-12-26(44)35-16-6-14-33)40-31(39-29)42-21-19-41(20-22-42)27(45)9-4-10-28(46)47-23-24-7-2-1-3-8-24/h1-3,7-8H,4-6,9-23,32-33H2,(H,34,43)(H,35,44)(H2,36,37,38,39,40). The van der Waals surface area contributed by atoms with Gasteiger partial charge in [-0.1, -0.05) is 30.3 Å². The minimum Gasteiger partial charge on any atom is -0.461 e. The molecule has 0 spiro atoms.